The number of methoxy groups -OCH3 is 1. The van der Waals surface area contributed by atoms with E-state index in [1.165, 1.54) is 13.2 Å². The Bertz CT molecular complexity index is 398. The zero-order chi connectivity index (χ0) is 12.7. The second-order valence-corrected chi connectivity index (χ2v) is 3.77. The van der Waals surface area contributed by atoms with Crippen molar-refractivity contribution >= 4 is 0 Å². The zero-order valence-corrected chi connectivity index (χ0v) is 10.3. The Hall–Kier alpha value is -1.53. The second kappa shape index (κ2) is 6.93. The summed E-state index contributed by atoms with van der Waals surface area (Å²) in [6.45, 7) is 2.85. The lowest BCUT2D eigenvalue weighted by Gasteiger charge is -2.19. The van der Waals surface area contributed by atoms with Gasteiger partial charge in [0.1, 0.15) is 11.6 Å². The standard InChI is InChI=1S/C14H18FNO/c1-4-7-12(16-10-5-2)14-11(15)8-6-9-13(14)17-3/h1,6,8-9,12,16H,5,7,10H2,2-3H3. The summed E-state index contributed by atoms with van der Waals surface area (Å²) in [4.78, 5) is 0. The molecule has 2 nitrogen and oxygen atoms in total. The molecule has 0 aliphatic heterocycles. The zero-order valence-electron chi connectivity index (χ0n) is 10.3. The van der Waals surface area contributed by atoms with Crippen LogP contribution in [0.5, 0.6) is 5.75 Å². The molecule has 0 aliphatic rings. The number of benzene rings is 1. The van der Waals surface area contributed by atoms with Crippen LogP contribution in [0.15, 0.2) is 18.2 Å². The fraction of sp³-hybridized carbons (Fsp3) is 0.429. The van der Waals surface area contributed by atoms with Crippen molar-refractivity contribution in [2.75, 3.05) is 13.7 Å². The van der Waals surface area contributed by atoms with Gasteiger partial charge in [-0.2, -0.15) is 0 Å². The minimum atomic E-state index is -0.284. The minimum absolute atomic E-state index is 0.198. The molecular weight excluding hydrogens is 217 g/mol. The number of rotatable bonds is 6. The van der Waals surface area contributed by atoms with Crippen LogP contribution >= 0.6 is 0 Å². The SMILES string of the molecule is C#CCC(NCCC)c1c(F)cccc1OC. The van der Waals surface area contributed by atoms with E-state index < -0.39 is 0 Å². The van der Waals surface area contributed by atoms with Gasteiger partial charge in [0.05, 0.1) is 7.11 Å². The average Bonchev–Trinajstić information content (AvgIpc) is 2.34. The fourth-order valence-corrected chi connectivity index (χ4v) is 1.75. The van der Waals surface area contributed by atoms with Crippen LogP contribution in [-0.4, -0.2) is 13.7 Å². The maximum absolute atomic E-state index is 13.8. The van der Waals surface area contributed by atoms with Crippen LogP contribution in [0.3, 0.4) is 0 Å². The Kier molecular flexibility index (Phi) is 5.51. The molecule has 0 aliphatic carbocycles. The molecule has 1 aromatic rings. The van der Waals surface area contributed by atoms with Crippen LogP contribution in [0.25, 0.3) is 0 Å². The predicted molar refractivity (Wildman–Crippen MR) is 67.4 cm³/mol. The van der Waals surface area contributed by atoms with Crippen molar-refractivity contribution in [1.82, 2.24) is 5.32 Å². The maximum Gasteiger partial charge on any atom is 0.131 e. The second-order valence-electron chi connectivity index (χ2n) is 3.77. The van der Waals surface area contributed by atoms with E-state index in [1.807, 2.05) is 0 Å². The van der Waals surface area contributed by atoms with Crippen LogP contribution in [0, 0.1) is 18.2 Å². The molecule has 92 valence electrons. The summed E-state index contributed by atoms with van der Waals surface area (Å²) in [7, 11) is 1.53. The topological polar surface area (TPSA) is 21.3 Å². The van der Waals surface area contributed by atoms with Crippen molar-refractivity contribution in [1.29, 1.82) is 0 Å². The monoisotopic (exact) mass is 235 g/mol. The van der Waals surface area contributed by atoms with Gasteiger partial charge in [0.25, 0.3) is 0 Å². The lowest BCUT2D eigenvalue weighted by atomic mass is 10.0. The van der Waals surface area contributed by atoms with E-state index in [2.05, 4.69) is 18.2 Å². The fourth-order valence-electron chi connectivity index (χ4n) is 1.75. The normalized spacial score (nSPS) is 11.9. The summed E-state index contributed by atoms with van der Waals surface area (Å²) in [5.41, 5.74) is 0.515. The van der Waals surface area contributed by atoms with Gasteiger partial charge in [-0.1, -0.05) is 13.0 Å². The third-order valence-corrected chi connectivity index (χ3v) is 2.54. The summed E-state index contributed by atoms with van der Waals surface area (Å²) >= 11 is 0. The summed E-state index contributed by atoms with van der Waals surface area (Å²) in [5.74, 6) is 2.82. The number of ether oxygens (including phenoxy) is 1. The number of hydrogen-bond donors (Lipinski definition) is 1. The van der Waals surface area contributed by atoms with Gasteiger partial charge in [-0.25, -0.2) is 4.39 Å². The van der Waals surface area contributed by atoms with E-state index in [4.69, 9.17) is 11.2 Å². The largest absolute Gasteiger partial charge is 0.496 e. The van der Waals surface area contributed by atoms with Crippen LogP contribution in [0.2, 0.25) is 0 Å². The highest BCUT2D eigenvalue weighted by molar-refractivity contribution is 5.37. The molecule has 1 unspecified atom stereocenters. The molecule has 0 fully saturated rings. The summed E-state index contributed by atoms with van der Waals surface area (Å²) < 4.78 is 19.0. The first-order valence-corrected chi connectivity index (χ1v) is 5.73. The third kappa shape index (κ3) is 3.47. The van der Waals surface area contributed by atoms with Crippen LogP contribution < -0.4 is 10.1 Å². The Balaban J connectivity index is 3.03. The highest BCUT2D eigenvalue weighted by Gasteiger charge is 2.18. The van der Waals surface area contributed by atoms with E-state index in [0.29, 0.717) is 17.7 Å². The van der Waals surface area contributed by atoms with E-state index >= 15 is 0 Å². The predicted octanol–water partition coefficient (Wildman–Crippen LogP) is 2.90. The molecule has 0 saturated heterocycles. The summed E-state index contributed by atoms with van der Waals surface area (Å²) in [6.07, 6.45) is 6.74. The van der Waals surface area contributed by atoms with Crippen LogP contribution in [-0.2, 0) is 0 Å². The van der Waals surface area contributed by atoms with Crippen molar-refractivity contribution in [2.45, 2.75) is 25.8 Å². The molecule has 0 saturated carbocycles. The van der Waals surface area contributed by atoms with Gasteiger partial charge in [-0.3, -0.25) is 0 Å². The number of nitrogens with one attached hydrogen (secondary N) is 1. The Morgan fingerprint density at radius 2 is 2.29 bits per heavy atom. The van der Waals surface area contributed by atoms with Gasteiger partial charge in [0.2, 0.25) is 0 Å². The molecule has 1 N–H and O–H groups in total. The number of terminal acetylenes is 1. The van der Waals surface area contributed by atoms with Crippen molar-refractivity contribution in [3.05, 3.63) is 29.6 Å². The quantitative estimate of drug-likeness (QED) is 0.765. The van der Waals surface area contributed by atoms with Gasteiger partial charge in [0, 0.05) is 18.0 Å². The van der Waals surface area contributed by atoms with E-state index in [9.17, 15) is 4.39 Å². The smallest absolute Gasteiger partial charge is 0.131 e. The molecule has 0 amide bonds. The molecule has 0 spiro atoms. The van der Waals surface area contributed by atoms with Crippen molar-refractivity contribution < 1.29 is 9.13 Å². The molecule has 0 heterocycles. The van der Waals surface area contributed by atoms with Crippen molar-refractivity contribution in [3.63, 3.8) is 0 Å². The van der Waals surface area contributed by atoms with Gasteiger partial charge in [0.15, 0.2) is 0 Å². The number of hydrogen-bond acceptors (Lipinski definition) is 2. The van der Waals surface area contributed by atoms with Crippen LogP contribution in [0.1, 0.15) is 31.4 Å². The Morgan fingerprint density at radius 1 is 1.53 bits per heavy atom. The molecule has 1 rings (SSSR count). The Labute approximate surface area is 102 Å². The van der Waals surface area contributed by atoms with E-state index in [1.54, 1.807) is 12.1 Å². The first-order chi connectivity index (χ1) is 8.24. The minimum Gasteiger partial charge on any atom is -0.496 e. The molecule has 0 aromatic heterocycles. The molecule has 17 heavy (non-hydrogen) atoms. The molecule has 0 radical (unpaired) electrons. The molecular formula is C14H18FNO. The summed E-state index contributed by atoms with van der Waals surface area (Å²) in [5, 5.41) is 3.24. The Morgan fingerprint density at radius 3 is 2.88 bits per heavy atom. The molecule has 1 atom stereocenters. The lowest BCUT2D eigenvalue weighted by molar-refractivity contribution is 0.390. The lowest BCUT2D eigenvalue weighted by Crippen LogP contribution is -2.23. The van der Waals surface area contributed by atoms with E-state index in [0.717, 1.165) is 13.0 Å². The molecule has 1 aromatic carbocycles. The average molecular weight is 235 g/mol. The van der Waals surface area contributed by atoms with Gasteiger partial charge < -0.3 is 10.1 Å². The van der Waals surface area contributed by atoms with Crippen LogP contribution in [0.4, 0.5) is 4.39 Å². The first-order valence-electron chi connectivity index (χ1n) is 5.73. The van der Waals surface area contributed by atoms with Gasteiger partial charge >= 0.3 is 0 Å². The highest BCUT2D eigenvalue weighted by Crippen LogP contribution is 2.29. The van der Waals surface area contributed by atoms with Gasteiger partial charge in [-0.15, -0.1) is 12.3 Å². The van der Waals surface area contributed by atoms with Crippen molar-refractivity contribution in [2.24, 2.45) is 0 Å². The van der Waals surface area contributed by atoms with E-state index in [-0.39, 0.29) is 11.9 Å². The first kappa shape index (κ1) is 13.5. The van der Waals surface area contributed by atoms with Gasteiger partial charge in [-0.05, 0) is 25.1 Å². The highest BCUT2D eigenvalue weighted by atomic mass is 19.1. The molecule has 0 bridgehead atoms. The summed E-state index contributed by atoms with van der Waals surface area (Å²) in [6, 6.07) is 4.60. The number of halogens is 1. The maximum atomic E-state index is 13.8. The molecule has 3 heteroatoms. The van der Waals surface area contributed by atoms with Crippen molar-refractivity contribution in [3.8, 4) is 18.1 Å². The third-order valence-electron chi connectivity index (χ3n) is 2.54.